The van der Waals surface area contributed by atoms with E-state index in [0.717, 1.165) is 24.7 Å². The lowest BCUT2D eigenvalue weighted by Crippen LogP contribution is -2.51. The second-order valence-corrected chi connectivity index (χ2v) is 6.69. The molecule has 0 radical (unpaired) electrons. The monoisotopic (exact) mass is 494 g/mol. The van der Waals surface area contributed by atoms with E-state index in [1.165, 1.54) is 0 Å². The fourth-order valence-corrected chi connectivity index (χ4v) is 2.77. The van der Waals surface area contributed by atoms with E-state index in [-0.39, 0.29) is 42.0 Å². The molecule has 1 amide bonds. The molecule has 26 heavy (non-hydrogen) atoms. The molecule has 0 saturated carbocycles. The summed E-state index contributed by atoms with van der Waals surface area (Å²) in [5, 5.41) is 7.34. The molecule has 146 valence electrons. The minimum Gasteiger partial charge on any atom is -0.489 e. The molecule has 2 N–H and O–H groups in total. The molecule has 1 aromatic carbocycles. The van der Waals surface area contributed by atoms with E-state index < -0.39 is 0 Å². The second-order valence-electron chi connectivity index (χ2n) is 6.26. The largest absolute Gasteiger partial charge is 0.489 e. The van der Waals surface area contributed by atoms with Crippen LogP contribution in [0, 0.1) is 0 Å². The summed E-state index contributed by atoms with van der Waals surface area (Å²) in [6.45, 7) is 6.01. The predicted octanol–water partition coefficient (Wildman–Crippen LogP) is 2.90. The Hall–Kier alpha value is -1.22. The van der Waals surface area contributed by atoms with Gasteiger partial charge in [0.05, 0.1) is 6.54 Å². The number of nitrogens with zero attached hydrogens (tertiary/aromatic N) is 2. The van der Waals surface area contributed by atoms with Crippen molar-refractivity contribution in [3.8, 4) is 5.75 Å². The first kappa shape index (κ1) is 22.8. The Balaban J connectivity index is 0.00000338. The Morgan fingerprint density at radius 2 is 2.12 bits per heavy atom. The summed E-state index contributed by atoms with van der Waals surface area (Å²) in [5.41, 5.74) is 0. The van der Waals surface area contributed by atoms with Crippen LogP contribution in [0.5, 0.6) is 5.75 Å². The van der Waals surface area contributed by atoms with Gasteiger partial charge in [-0.15, -0.1) is 24.0 Å². The van der Waals surface area contributed by atoms with Gasteiger partial charge in [-0.05, 0) is 44.5 Å². The lowest BCUT2D eigenvalue weighted by Gasteiger charge is -2.31. The molecule has 1 aliphatic rings. The van der Waals surface area contributed by atoms with Crippen LogP contribution in [0.25, 0.3) is 0 Å². The van der Waals surface area contributed by atoms with Crippen LogP contribution in [0.2, 0.25) is 5.02 Å². The molecule has 1 heterocycles. The van der Waals surface area contributed by atoms with E-state index in [4.69, 9.17) is 16.3 Å². The molecule has 1 fully saturated rings. The first-order valence-corrected chi connectivity index (χ1v) is 9.06. The zero-order valence-electron chi connectivity index (χ0n) is 15.5. The molecule has 8 heteroatoms. The average molecular weight is 495 g/mol. The van der Waals surface area contributed by atoms with Crippen molar-refractivity contribution in [2.75, 3.05) is 26.7 Å². The van der Waals surface area contributed by atoms with Gasteiger partial charge >= 0.3 is 0 Å². The van der Waals surface area contributed by atoms with Gasteiger partial charge < -0.3 is 20.3 Å². The fraction of sp³-hybridized carbons (Fsp3) is 0.556. The van der Waals surface area contributed by atoms with E-state index >= 15 is 0 Å². The number of benzene rings is 1. The lowest BCUT2D eigenvalue weighted by molar-refractivity contribution is -0.132. The predicted molar refractivity (Wildman–Crippen MR) is 117 cm³/mol. The van der Waals surface area contributed by atoms with E-state index in [1.54, 1.807) is 17.0 Å². The van der Waals surface area contributed by atoms with Gasteiger partial charge in [-0.2, -0.15) is 0 Å². The van der Waals surface area contributed by atoms with E-state index in [2.05, 4.69) is 15.6 Å². The van der Waals surface area contributed by atoms with Crippen LogP contribution in [0.1, 0.15) is 26.7 Å². The number of hydrogen-bond acceptors (Lipinski definition) is 3. The number of likely N-dealkylation sites (tertiary alicyclic amines) is 1. The second kappa shape index (κ2) is 11.5. The highest BCUT2D eigenvalue weighted by atomic mass is 127. The molecule has 0 aliphatic carbocycles. The molecule has 2 rings (SSSR count). The lowest BCUT2D eigenvalue weighted by atomic mass is 10.1. The molecule has 2 unspecified atom stereocenters. The third-order valence-corrected chi connectivity index (χ3v) is 4.22. The van der Waals surface area contributed by atoms with Gasteiger partial charge in [0.2, 0.25) is 5.91 Å². The zero-order valence-corrected chi connectivity index (χ0v) is 18.6. The molecule has 0 spiro atoms. The van der Waals surface area contributed by atoms with Crippen LogP contribution in [0.4, 0.5) is 0 Å². The van der Waals surface area contributed by atoms with Gasteiger partial charge in [-0.25, -0.2) is 4.99 Å². The molecule has 1 saturated heterocycles. The van der Waals surface area contributed by atoms with Crippen molar-refractivity contribution in [2.24, 2.45) is 4.99 Å². The number of ether oxygens (including phenoxy) is 1. The normalized spacial score (nSPS) is 18.8. The van der Waals surface area contributed by atoms with Gasteiger partial charge in [0, 0.05) is 37.6 Å². The number of hydrogen-bond donors (Lipinski definition) is 2. The van der Waals surface area contributed by atoms with Crippen molar-refractivity contribution in [3.05, 3.63) is 29.3 Å². The molecule has 1 aliphatic heterocycles. The number of halogens is 2. The van der Waals surface area contributed by atoms with E-state index in [0.29, 0.717) is 24.5 Å². The summed E-state index contributed by atoms with van der Waals surface area (Å²) < 4.78 is 5.84. The van der Waals surface area contributed by atoms with E-state index in [1.807, 2.05) is 33.0 Å². The Morgan fingerprint density at radius 3 is 2.73 bits per heavy atom. The van der Waals surface area contributed by atoms with Crippen LogP contribution in [0.3, 0.4) is 0 Å². The molecule has 0 bridgehead atoms. The van der Waals surface area contributed by atoms with Crippen LogP contribution < -0.4 is 15.4 Å². The van der Waals surface area contributed by atoms with Crippen molar-refractivity contribution in [1.82, 2.24) is 15.5 Å². The maximum Gasteiger partial charge on any atom is 0.222 e. The van der Waals surface area contributed by atoms with Crippen LogP contribution >= 0.6 is 35.6 Å². The maximum absolute atomic E-state index is 11.6. The summed E-state index contributed by atoms with van der Waals surface area (Å²) in [4.78, 5) is 18.0. The number of rotatable bonds is 6. The molecule has 0 aromatic heterocycles. The first-order chi connectivity index (χ1) is 12.0. The molecular weight excluding hydrogens is 467 g/mol. The van der Waals surface area contributed by atoms with Gasteiger partial charge in [0.1, 0.15) is 11.9 Å². The van der Waals surface area contributed by atoms with Crippen LogP contribution in [-0.4, -0.2) is 55.6 Å². The summed E-state index contributed by atoms with van der Waals surface area (Å²) in [6, 6.07) is 7.52. The first-order valence-electron chi connectivity index (χ1n) is 8.69. The standard InChI is InChI=1S/C18H27ClN4O2.HI/c1-4-20-18(22-15-7-10-17(24)23(3)12-15)21-11-13(2)25-16-8-5-14(19)6-9-16;/h5-6,8-9,13,15H,4,7,10-12H2,1-3H3,(H2,20,21,22);1H. The highest BCUT2D eigenvalue weighted by molar-refractivity contribution is 14.0. The SMILES string of the molecule is CCNC(=NCC(C)Oc1ccc(Cl)cc1)NC1CCC(=O)N(C)C1.I. The van der Waals surface area contributed by atoms with Gasteiger partial charge in [0.25, 0.3) is 0 Å². The third-order valence-electron chi connectivity index (χ3n) is 3.97. The molecule has 1 aromatic rings. The minimum atomic E-state index is -0.0627. The number of likely N-dealkylation sites (N-methyl/N-ethyl adjacent to an activating group) is 1. The maximum atomic E-state index is 11.6. The molecular formula is C18H28ClIN4O2. The summed E-state index contributed by atoms with van der Waals surface area (Å²) in [7, 11) is 1.84. The third kappa shape index (κ3) is 7.57. The van der Waals surface area contributed by atoms with Crippen molar-refractivity contribution >= 4 is 47.4 Å². The van der Waals surface area contributed by atoms with Gasteiger partial charge in [-0.3, -0.25) is 4.79 Å². The summed E-state index contributed by atoms with van der Waals surface area (Å²) in [5.74, 6) is 1.73. The van der Waals surface area contributed by atoms with Crippen LogP contribution in [-0.2, 0) is 4.79 Å². The highest BCUT2D eigenvalue weighted by Crippen LogP contribution is 2.16. The summed E-state index contributed by atoms with van der Waals surface area (Å²) in [6.07, 6.45) is 1.33. The number of carbonyl (C=O) groups is 1. The fourth-order valence-electron chi connectivity index (χ4n) is 2.65. The Labute approximate surface area is 177 Å². The Bertz CT molecular complexity index is 597. The van der Waals surface area contributed by atoms with Crippen molar-refractivity contribution in [2.45, 2.75) is 38.8 Å². The van der Waals surface area contributed by atoms with Crippen molar-refractivity contribution < 1.29 is 9.53 Å². The van der Waals surface area contributed by atoms with Gasteiger partial charge in [-0.1, -0.05) is 11.6 Å². The number of piperidine rings is 1. The quantitative estimate of drug-likeness (QED) is 0.363. The van der Waals surface area contributed by atoms with Gasteiger partial charge in [0.15, 0.2) is 5.96 Å². The zero-order chi connectivity index (χ0) is 18.2. The topological polar surface area (TPSA) is 66.0 Å². The molecule has 6 nitrogen and oxygen atoms in total. The Kier molecular flexibility index (Phi) is 10.1. The minimum absolute atomic E-state index is 0. The molecule has 2 atom stereocenters. The highest BCUT2D eigenvalue weighted by Gasteiger charge is 2.23. The number of aliphatic imine (C=N–C) groups is 1. The number of guanidine groups is 1. The van der Waals surface area contributed by atoms with Crippen molar-refractivity contribution in [1.29, 1.82) is 0 Å². The Morgan fingerprint density at radius 1 is 1.42 bits per heavy atom. The van der Waals surface area contributed by atoms with E-state index in [9.17, 15) is 4.79 Å². The smallest absolute Gasteiger partial charge is 0.222 e. The summed E-state index contributed by atoms with van der Waals surface area (Å²) >= 11 is 5.88. The number of nitrogens with one attached hydrogen (secondary N) is 2. The van der Waals surface area contributed by atoms with Crippen LogP contribution in [0.15, 0.2) is 29.3 Å². The number of amides is 1. The van der Waals surface area contributed by atoms with Crippen molar-refractivity contribution in [3.63, 3.8) is 0 Å². The average Bonchev–Trinajstić information content (AvgIpc) is 2.58. The number of carbonyl (C=O) groups excluding carboxylic acids is 1.